The molecule has 1 saturated heterocycles. The molecule has 1 fully saturated rings. The van der Waals surface area contributed by atoms with Crippen LogP contribution in [-0.4, -0.2) is 30.0 Å². The number of rotatable bonds is 6. The van der Waals surface area contributed by atoms with E-state index in [1.54, 1.807) is 12.1 Å². The largest absolute Gasteiger partial charge is 0.490 e. The fourth-order valence-electron chi connectivity index (χ4n) is 4.06. The number of benzene rings is 3. The van der Waals surface area contributed by atoms with E-state index < -0.39 is 11.7 Å². The Balaban J connectivity index is 1.35. The molecule has 0 aromatic heterocycles. The highest BCUT2D eigenvalue weighted by Crippen LogP contribution is 2.26. The summed E-state index contributed by atoms with van der Waals surface area (Å²) >= 11 is 6.00. The van der Waals surface area contributed by atoms with E-state index in [4.69, 9.17) is 16.3 Å². The molecule has 1 N–H and O–H groups in total. The molecule has 1 aliphatic rings. The molecule has 6 heteroatoms. The summed E-state index contributed by atoms with van der Waals surface area (Å²) in [5, 5.41) is 2.88. The lowest BCUT2D eigenvalue weighted by Gasteiger charge is -2.37. The lowest BCUT2D eigenvalue weighted by Crippen LogP contribution is -2.43. The predicted octanol–water partition coefficient (Wildman–Crippen LogP) is 6.02. The molecular formula is C26H26ClFN2O2. The average molecular weight is 453 g/mol. The molecule has 0 radical (unpaired) electrons. The first-order chi connectivity index (χ1) is 15.5. The van der Waals surface area contributed by atoms with Gasteiger partial charge in [0.05, 0.1) is 10.6 Å². The Morgan fingerprint density at radius 1 is 1.12 bits per heavy atom. The van der Waals surface area contributed by atoms with Crippen molar-refractivity contribution in [2.45, 2.75) is 26.0 Å². The summed E-state index contributed by atoms with van der Waals surface area (Å²) in [6.45, 7) is 5.11. The number of halogens is 2. The SMILES string of the molecule is CC1CN(Cc2ccccc2)CCC1Oc1cccc(NC(=O)c2ccc(F)cc2Cl)c1. The number of hydrogen-bond donors (Lipinski definition) is 1. The van der Waals surface area contributed by atoms with Gasteiger partial charge < -0.3 is 10.1 Å². The molecule has 0 aliphatic carbocycles. The van der Waals surface area contributed by atoms with Crippen LogP contribution in [0, 0.1) is 11.7 Å². The minimum atomic E-state index is -0.481. The van der Waals surface area contributed by atoms with Gasteiger partial charge in [-0.25, -0.2) is 4.39 Å². The summed E-state index contributed by atoms with van der Waals surface area (Å²) in [7, 11) is 0. The van der Waals surface area contributed by atoms with Crippen molar-refractivity contribution in [2.24, 2.45) is 5.92 Å². The van der Waals surface area contributed by atoms with Crippen LogP contribution in [0.5, 0.6) is 5.75 Å². The first-order valence-electron chi connectivity index (χ1n) is 10.8. The molecule has 0 spiro atoms. The normalized spacial score (nSPS) is 18.8. The first-order valence-corrected chi connectivity index (χ1v) is 11.1. The third-order valence-corrected chi connectivity index (χ3v) is 6.03. The average Bonchev–Trinajstić information content (AvgIpc) is 2.76. The number of likely N-dealkylation sites (tertiary alicyclic amines) is 1. The van der Waals surface area contributed by atoms with Crippen molar-refractivity contribution in [3.63, 3.8) is 0 Å². The van der Waals surface area contributed by atoms with E-state index in [1.807, 2.05) is 18.2 Å². The van der Waals surface area contributed by atoms with Crippen LogP contribution in [0.25, 0.3) is 0 Å². The molecule has 1 amide bonds. The molecule has 0 bridgehead atoms. The molecule has 4 nitrogen and oxygen atoms in total. The monoisotopic (exact) mass is 452 g/mol. The number of nitrogens with one attached hydrogen (secondary N) is 1. The summed E-state index contributed by atoms with van der Waals surface area (Å²) in [6.07, 6.45) is 1.05. The van der Waals surface area contributed by atoms with E-state index in [-0.39, 0.29) is 16.7 Å². The fourth-order valence-corrected chi connectivity index (χ4v) is 4.32. The second-order valence-electron chi connectivity index (χ2n) is 8.25. The van der Waals surface area contributed by atoms with Crippen molar-refractivity contribution in [3.8, 4) is 5.75 Å². The molecular weight excluding hydrogens is 427 g/mol. The van der Waals surface area contributed by atoms with Crippen molar-refractivity contribution in [1.82, 2.24) is 4.90 Å². The van der Waals surface area contributed by atoms with E-state index in [0.29, 0.717) is 17.4 Å². The second-order valence-corrected chi connectivity index (χ2v) is 8.66. The molecule has 2 atom stereocenters. The van der Waals surface area contributed by atoms with Gasteiger partial charge in [0.15, 0.2) is 0 Å². The van der Waals surface area contributed by atoms with E-state index in [1.165, 1.54) is 17.7 Å². The quantitative estimate of drug-likeness (QED) is 0.497. The molecule has 1 aliphatic heterocycles. The number of hydrogen-bond acceptors (Lipinski definition) is 3. The van der Waals surface area contributed by atoms with Crippen LogP contribution in [0.4, 0.5) is 10.1 Å². The van der Waals surface area contributed by atoms with Gasteiger partial charge >= 0.3 is 0 Å². The van der Waals surface area contributed by atoms with Gasteiger partial charge in [0.2, 0.25) is 0 Å². The van der Waals surface area contributed by atoms with E-state index in [2.05, 4.69) is 41.4 Å². The summed E-state index contributed by atoms with van der Waals surface area (Å²) in [6, 6.07) is 21.5. The Bertz CT molecular complexity index is 1080. The highest BCUT2D eigenvalue weighted by molar-refractivity contribution is 6.34. The maximum Gasteiger partial charge on any atom is 0.257 e. The lowest BCUT2D eigenvalue weighted by atomic mass is 9.96. The minimum Gasteiger partial charge on any atom is -0.490 e. The van der Waals surface area contributed by atoms with Gasteiger partial charge in [0, 0.05) is 37.3 Å². The third kappa shape index (κ3) is 5.67. The highest BCUT2D eigenvalue weighted by Gasteiger charge is 2.27. The zero-order valence-electron chi connectivity index (χ0n) is 17.9. The minimum absolute atomic E-state index is 0.0750. The number of ether oxygens (including phenoxy) is 1. The van der Waals surface area contributed by atoms with Crippen LogP contribution in [0.1, 0.15) is 29.3 Å². The van der Waals surface area contributed by atoms with Crippen LogP contribution in [0.2, 0.25) is 5.02 Å². The zero-order chi connectivity index (χ0) is 22.5. The van der Waals surface area contributed by atoms with Crippen LogP contribution in [0.3, 0.4) is 0 Å². The van der Waals surface area contributed by atoms with Crippen molar-refractivity contribution in [2.75, 3.05) is 18.4 Å². The first kappa shape index (κ1) is 22.3. The molecule has 3 aromatic rings. The Labute approximate surface area is 193 Å². The van der Waals surface area contributed by atoms with Crippen LogP contribution >= 0.6 is 11.6 Å². The topological polar surface area (TPSA) is 41.6 Å². The summed E-state index contributed by atoms with van der Waals surface area (Å²) < 4.78 is 19.5. The predicted molar refractivity (Wildman–Crippen MR) is 126 cm³/mol. The molecule has 166 valence electrons. The number of anilines is 1. The van der Waals surface area contributed by atoms with Gasteiger partial charge in [-0.2, -0.15) is 0 Å². The Kier molecular flexibility index (Phi) is 7.08. The molecule has 4 rings (SSSR count). The van der Waals surface area contributed by atoms with Gasteiger partial charge in [0.1, 0.15) is 17.7 Å². The van der Waals surface area contributed by atoms with Crippen molar-refractivity contribution in [3.05, 3.63) is 94.8 Å². The van der Waals surface area contributed by atoms with Crippen LogP contribution in [0.15, 0.2) is 72.8 Å². The maximum absolute atomic E-state index is 13.2. The summed E-state index contributed by atoms with van der Waals surface area (Å²) in [4.78, 5) is 15.0. The van der Waals surface area contributed by atoms with E-state index >= 15 is 0 Å². The van der Waals surface area contributed by atoms with Gasteiger partial charge in [-0.1, -0.05) is 54.9 Å². The Hall–Kier alpha value is -2.89. The van der Waals surface area contributed by atoms with Crippen molar-refractivity contribution in [1.29, 1.82) is 0 Å². The number of carbonyl (C=O) groups excluding carboxylic acids is 1. The van der Waals surface area contributed by atoms with Crippen molar-refractivity contribution < 1.29 is 13.9 Å². The molecule has 3 aromatic carbocycles. The molecule has 1 heterocycles. The number of amides is 1. The Morgan fingerprint density at radius 3 is 2.69 bits per heavy atom. The zero-order valence-corrected chi connectivity index (χ0v) is 18.7. The van der Waals surface area contributed by atoms with Gasteiger partial charge in [-0.15, -0.1) is 0 Å². The van der Waals surface area contributed by atoms with Crippen LogP contribution in [-0.2, 0) is 6.54 Å². The van der Waals surface area contributed by atoms with E-state index in [0.717, 1.165) is 32.1 Å². The molecule has 2 unspecified atom stereocenters. The Morgan fingerprint density at radius 2 is 1.94 bits per heavy atom. The highest BCUT2D eigenvalue weighted by atomic mass is 35.5. The second kappa shape index (κ2) is 10.2. The van der Waals surface area contributed by atoms with Crippen molar-refractivity contribution >= 4 is 23.2 Å². The smallest absolute Gasteiger partial charge is 0.257 e. The molecule has 0 saturated carbocycles. The van der Waals surface area contributed by atoms with Gasteiger partial charge in [0.25, 0.3) is 5.91 Å². The molecule has 32 heavy (non-hydrogen) atoms. The van der Waals surface area contributed by atoms with Gasteiger partial charge in [-0.3, -0.25) is 9.69 Å². The number of piperidine rings is 1. The summed E-state index contributed by atoms with van der Waals surface area (Å²) in [5.74, 6) is 0.214. The number of nitrogens with zero attached hydrogens (tertiary/aromatic N) is 1. The summed E-state index contributed by atoms with van der Waals surface area (Å²) in [5.41, 5.74) is 2.14. The fraction of sp³-hybridized carbons (Fsp3) is 0.269. The van der Waals surface area contributed by atoms with Gasteiger partial charge in [-0.05, 0) is 42.3 Å². The lowest BCUT2D eigenvalue weighted by molar-refractivity contribution is 0.0490. The third-order valence-electron chi connectivity index (χ3n) is 5.71. The van der Waals surface area contributed by atoms with Crippen LogP contribution < -0.4 is 10.1 Å². The standard InChI is InChI=1S/C26H26ClFN2O2/c1-18-16-30(17-19-6-3-2-4-7-19)13-12-25(18)32-22-9-5-8-21(15-22)29-26(31)23-11-10-20(28)14-24(23)27/h2-11,14-15,18,25H,12-13,16-17H2,1H3,(H,29,31). The van der Waals surface area contributed by atoms with E-state index in [9.17, 15) is 9.18 Å². The maximum atomic E-state index is 13.2. The number of carbonyl (C=O) groups is 1.